The van der Waals surface area contributed by atoms with Crippen molar-refractivity contribution in [2.45, 2.75) is 18.9 Å². The highest BCUT2D eigenvalue weighted by Crippen LogP contribution is 2.29. The predicted octanol–water partition coefficient (Wildman–Crippen LogP) is 1.60. The van der Waals surface area contributed by atoms with Gasteiger partial charge in [0.2, 0.25) is 0 Å². The van der Waals surface area contributed by atoms with Crippen molar-refractivity contribution in [1.82, 2.24) is 29.9 Å². The summed E-state index contributed by atoms with van der Waals surface area (Å²) in [7, 11) is 3.77. The lowest BCUT2D eigenvalue weighted by Gasteiger charge is -2.30. The highest BCUT2D eigenvalue weighted by molar-refractivity contribution is 5.97. The van der Waals surface area contributed by atoms with Crippen LogP contribution < -0.4 is 5.32 Å². The second-order valence-corrected chi connectivity index (χ2v) is 6.71. The zero-order chi connectivity index (χ0) is 18.1. The fraction of sp³-hybridized carbons (Fsp3) is 0.444. The predicted molar refractivity (Wildman–Crippen MR) is 95.5 cm³/mol. The molecule has 1 amide bonds. The van der Waals surface area contributed by atoms with Crippen LogP contribution in [0.3, 0.4) is 0 Å². The van der Waals surface area contributed by atoms with Gasteiger partial charge in [0.25, 0.3) is 5.91 Å². The van der Waals surface area contributed by atoms with Gasteiger partial charge in [-0.15, -0.1) is 5.10 Å². The van der Waals surface area contributed by atoms with Gasteiger partial charge in [-0.25, -0.2) is 9.67 Å². The van der Waals surface area contributed by atoms with E-state index < -0.39 is 0 Å². The monoisotopic (exact) mass is 354 g/mol. The van der Waals surface area contributed by atoms with Gasteiger partial charge in [0.15, 0.2) is 0 Å². The van der Waals surface area contributed by atoms with Gasteiger partial charge in [-0.05, 0) is 37.0 Å². The van der Waals surface area contributed by atoms with Crippen LogP contribution in [0.25, 0.3) is 11.0 Å². The minimum atomic E-state index is -0.147. The third-order valence-electron chi connectivity index (χ3n) is 5.03. The fourth-order valence-corrected chi connectivity index (χ4v) is 3.52. The first kappa shape index (κ1) is 16.7. The number of amides is 1. The summed E-state index contributed by atoms with van der Waals surface area (Å²) in [4.78, 5) is 17.4. The van der Waals surface area contributed by atoms with Crippen molar-refractivity contribution in [3.63, 3.8) is 0 Å². The molecule has 1 fully saturated rings. The maximum Gasteiger partial charge on any atom is 0.251 e. The maximum absolute atomic E-state index is 13.0. The van der Waals surface area contributed by atoms with E-state index in [0.717, 1.165) is 29.7 Å². The summed E-state index contributed by atoms with van der Waals surface area (Å²) in [5.41, 5.74) is 2.19. The Bertz CT molecular complexity index is 925. The normalized spacial score (nSPS) is 16.7. The number of carbonyl (C=O) groups excluding carboxylic acids is 1. The number of hydrogen-bond donors (Lipinski definition) is 1. The van der Waals surface area contributed by atoms with Crippen molar-refractivity contribution >= 4 is 16.9 Å². The SMILES string of the molecule is Cn1ccnc1[C@H](NC(=O)c1ccc2nnn(C)c2c1)C1CCOCC1. The van der Waals surface area contributed by atoms with Crippen LogP contribution in [0.5, 0.6) is 0 Å². The molecule has 8 nitrogen and oxygen atoms in total. The van der Waals surface area contributed by atoms with E-state index in [2.05, 4.69) is 20.6 Å². The molecule has 1 N–H and O–H groups in total. The number of aryl methyl sites for hydroxylation is 2. The Morgan fingerprint density at radius 3 is 2.85 bits per heavy atom. The van der Waals surface area contributed by atoms with Crippen molar-refractivity contribution < 1.29 is 9.53 Å². The van der Waals surface area contributed by atoms with E-state index in [1.165, 1.54) is 0 Å². The molecule has 0 bridgehead atoms. The molecular weight excluding hydrogens is 332 g/mol. The fourth-order valence-electron chi connectivity index (χ4n) is 3.52. The van der Waals surface area contributed by atoms with Crippen molar-refractivity contribution in [2.75, 3.05) is 13.2 Å². The summed E-state index contributed by atoms with van der Waals surface area (Å²) in [5, 5.41) is 11.2. The van der Waals surface area contributed by atoms with Crippen LogP contribution in [0.15, 0.2) is 30.6 Å². The van der Waals surface area contributed by atoms with Gasteiger partial charge < -0.3 is 14.6 Å². The first-order valence-electron chi connectivity index (χ1n) is 8.79. The van der Waals surface area contributed by atoms with E-state index in [1.54, 1.807) is 16.9 Å². The topological polar surface area (TPSA) is 86.9 Å². The molecule has 136 valence electrons. The van der Waals surface area contributed by atoms with Crippen molar-refractivity contribution in [2.24, 2.45) is 20.0 Å². The van der Waals surface area contributed by atoms with Gasteiger partial charge in [-0.1, -0.05) is 5.21 Å². The molecule has 26 heavy (non-hydrogen) atoms. The Labute approximate surface area is 151 Å². The van der Waals surface area contributed by atoms with E-state index in [9.17, 15) is 4.79 Å². The number of nitrogens with zero attached hydrogens (tertiary/aromatic N) is 5. The van der Waals surface area contributed by atoms with Crippen molar-refractivity contribution in [1.29, 1.82) is 0 Å². The summed E-state index contributed by atoms with van der Waals surface area (Å²) in [6.07, 6.45) is 5.48. The molecule has 0 saturated carbocycles. The van der Waals surface area contributed by atoms with Crippen LogP contribution in [0, 0.1) is 5.92 Å². The van der Waals surface area contributed by atoms with Crippen molar-refractivity contribution in [3.8, 4) is 0 Å². The lowest BCUT2D eigenvalue weighted by Crippen LogP contribution is -2.37. The smallest absolute Gasteiger partial charge is 0.251 e. The van der Waals surface area contributed by atoms with E-state index in [1.807, 2.05) is 37.0 Å². The standard InChI is InChI=1S/C18H22N6O2/c1-23-8-7-19-17(23)16(12-5-9-26-10-6-12)20-18(25)13-3-4-14-15(11-13)24(2)22-21-14/h3-4,7-8,11-12,16H,5-6,9-10H2,1-2H3,(H,20,25)/t16-/m1/s1. The molecule has 4 rings (SSSR count). The van der Waals surface area contributed by atoms with E-state index in [-0.39, 0.29) is 11.9 Å². The van der Waals surface area contributed by atoms with Crippen LogP contribution in [0.1, 0.15) is 35.1 Å². The van der Waals surface area contributed by atoms with Crippen LogP contribution in [-0.4, -0.2) is 43.7 Å². The highest BCUT2D eigenvalue weighted by Gasteiger charge is 2.30. The summed E-state index contributed by atoms with van der Waals surface area (Å²) >= 11 is 0. The summed E-state index contributed by atoms with van der Waals surface area (Å²) < 4.78 is 9.12. The minimum absolute atomic E-state index is 0.118. The van der Waals surface area contributed by atoms with Gasteiger partial charge in [-0.2, -0.15) is 0 Å². The lowest BCUT2D eigenvalue weighted by molar-refractivity contribution is 0.0499. The zero-order valence-corrected chi connectivity index (χ0v) is 14.9. The lowest BCUT2D eigenvalue weighted by atomic mass is 9.90. The Morgan fingerprint density at radius 2 is 2.12 bits per heavy atom. The first-order valence-corrected chi connectivity index (χ1v) is 8.79. The molecule has 0 aliphatic carbocycles. The number of hydrogen-bond acceptors (Lipinski definition) is 5. The number of ether oxygens (including phenoxy) is 1. The number of nitrogens with one attached hydrogen (secondary N) is 1. The van der Waals surface area contributed by atoms with Gasteiger partial charge in [-0.3, -0.25) is 4.79 Å². The van der Waals surface area contributed by atoms with Crippen LogP contribution in [-0.2, 0) is 18.8 Å². The number of rotatable bonds is 4. The average molecular weight is 354 g/mol. The van der Waals surface area contributed by atoms with Gasteiger partial charge in [0, 0.05) is 45.3 Å². The van der Waals surface area contributed by atoms with Gasteiger partial charge >= 0.3 is 0 Å². The number of carbonyl (C=O) groups is 1. The number of fused-ring (bicyclic) bond motifs is 1. The summed E-state index contributed by atoms with van der Waals surface area (Å²) in [5.74, 6) is 1.05. The average Bonchev–Trinajstić information content (AvgIpc) is 3.26. The van der Waals surface area contributed by atoms with E-state index in [0.29, 0.717) is 24.7 Å². The molecule has 0 spiro atoms. The molecule has 3 heterocycles. The zero-order valence-electron chi connectivity index (χ0n) is 14.9. The summed E-state index contributed by atoms with van der Waals surface area (Å²) in [6.45, 7) is 1.43. The maximum atomic E-state index is 13.0. The van der Waals surface area contributed by atoms with Crippen LogP contribution >= 0.6 is 0 Å². The van der Waals surface area contributed by atoms with Crippen molar-refractivity contribution in [3.05, 3.63) is 42.0 Å². The molecule has 1 saturated heterocycles. The quantitative estimate of drug-likeness (QED) is 0.769. The second-order valence-electron chi connectivity index (χ2n) is 6.71. The van der Waals surface area contributed by atoms with Crippen LogP contribution in [0.4, 0.5) is 0 Å². The molecule has 1 aromatic carbocycles. The van der Waals surface area contributed by atoms with E-state index in [4.69, 9.17) is 4.74 Å². The molecule has 2 aromatic heterocycles. The third kappa shape index (κ3) is 3.08. The van der Waals surface area contributed by atoms with E-state index >= 15 is 0 Å². The Hall–Kier alpha value is -2.74. The largest absolute Gasteiger partial charge is 0.381 e. The Balaban J connectivity index is 1.62. The molecule has 3 aromatic rings. The molecule has 0 radical (unpaired) electrons. The number of aromatic nitrogens is 5. The van der Waals surface area contributed by atoms with Gasteiger partial charge in [0.1, 0.15) is 11.3 Å². The number of imidazole rings is 1. The summed E-state index contributed by atoms with van der Waals surface area (Å²) in [6, 6.07) is 5.28. The molecular formula is C18H22N6O2. The molecule has 1 aliphatic heterocycles. The molecule has 1 aliphatic rings. The molecule has 1 atom stereocenters. The minimum Gasteiger partial charge on any atom is -0.381 e. The Kier molecular flexibility index (Phi) is 4.42. The van der Waals surface area contributed by atoms with Gasteiger partial charge in [0.05, 0.1) is 11.6 Å². The molecule has 0 unspecified atom stereocenters. The molecule has 8 heteroatoms. The number of benzene rings is 1. The highest BCUT2D eigenvalue weighted by atomic mass is 16.5. The second kappa shape index (κ2) is 6.87. The Morgan fingerprint density at radius 1 is 1.31 bits per heavy atom. The van der Waals surface area contributed by atoms with Crippen LogP contribution in [0.2, 0.25) is 0 Å². The first-order chi connectivity index (χ1) is 12.6. The third-order valence-corrected chi connectivity index (χ3v) is 5.03.